The van der Waals surface area contributed by atoms with Crippen molar-refractivity contribution >= 4 is 15.9 Å². The van der Waals surface area contributed by atoms with Gasteiger partial charge in [0.25, 0.3) is 0 Å². The first-order valence-corrected chi connectivity index (χ1v) is 12.0. The van der Waals surface area contributed by atoms with Crippen LogP contribution in [0.5, 0.6) is 11.5 Å². The molecule has 1 heterocycles. The van der Waals surface area contributed by atoms with E-state index in [4.69, 9.17) is 9.47 Å². The summed E-state index contributed by atoms with van der Waals surface area (Å²) in [4.78, 5) is 14.7. The van der Waals surface area contributed by atoms with Crippen molar-refractivity contribution in [3.63, 3.8) is 0 Å². The summed E-state index contributed by atoms with van der Waals surface area (Å²) in [5.41, 5.74) is 3.78. The van der Waals surface area contributed by atoms with Gasteiger partial charge in [-0.25, -0.2) is 8.42 Å². The second-order valence-corrected chi connectivity index (χ2v) is 9.87. The lowest BCUT2D eigenvalue weighted by molar-refractivity contribution is -0.131. The predicted molar refractivity (Wildman–Crippen MR) is 117 cm³/mol. The van der Waals surface area contributed by atoms with Gasteiger partial charge in [-0.3, -0.25) is 4.79 Å². The summed E-state index contributed by atoms with van der Waals surface area (Å²) in [6, 6.07) is 10.9. The Balaban J connectivity index is 1.39. The number of amides is 1. The number of rotatable bonds is 6. The highest BCUT2D eigenvalue weighted by molar-refractivity contribution is 7.89. The Labute approximate surface area is 183 Å². The van der Waals surface area contributed by atoms with Crippen LogP contribution in [0.1, 0.15) is 23.1 Å². The van der Waals surface area contributed by atoms with E-state index in [9.17, 15) is 13.2 Å². The van der Waals surface area contributed by atoms with Crippen LogP contribution in [-0.2, 0) is 34.1 Å². The third kappa shape index (κ3) is 4.41. The molecule has 166 valence electrons. The van der Waals surface area contributed by atoms with E-state index < -0.39 is 10.0 Å². The van der Waals surface area contributed by atoms with Crippen molar-refractivity contribution in [3.8, 4) is 11.5 Å². The molecule has 0 unspecified atom stereocenters. The third-order valence-electron chi connectivity index (χ3n) is 6.10. The summed E-state index contributed by atoms with van der Waals surface area (Å²) in [7, 11) is -0.698. The van der Waals surface area contributed by atoms with E-state index in [-0.39, 0.29) is 23.9 Å². The quantitative estimate of drug-likeness (QED) is 0.683. The SMILES string of the molecule is COc1ccc(S(=O)(=O)N2CCN(C(=O)Cc3ccc4c(c3)CCC4)CC2)cc1OC. The number of sulfonamides is 1. The maximum absolute atomic E-state index is 13.1. The third-order valence-corrected chi connectivity index (χ3v) is 8.00. The van der Waals surface area contributed by atoms with Gasteiger partial charge in [0.1, 0.15) is 0 Å². The van der Waals surface area contributed by atoms with Crippen LogP contribution in [0.4, 0.5) is 0 Å². The maximum Gasteiger partial charge on any atom is 0.243 e. The van der Waals surface area contributed by atoms with Crippen LogP contribution in [-0.4, -0.2) is 63.9 Å². The van der Waals surface area contributed by atoms with Crippen LogP contribution in [0.25, 0.3) is 0 Å². The summed E-state index contributed by atoms with van der Waals surface area (Å²) in [5, 5.41) is 0. The average molecular weight is 445 g/mol. The van der Waals surface area contributed by atoms with Gasteiger partial charge in [0.15, 0.2) is 11.5 Å². The van der Waals surface area contributed by atoms with Gasteiger partial charge in [-0.2, -0.15) is 4.31 Å². The van der Waals surface area contributed by atoms with Gasteiger partial charge in [-0.1, -0.05) is 18.2 Å². The van der Waals surface area contributed by atoms with Gasteiger partial charge in [-0.05, 0) is 48.1 Å². The molecule has 1 amide bonds. The lowest BCUT2D eigenvalue weighted by atomic mass is 10.0. The zero-order valence-electron chi connectivity index (χ0n) is 18.0. The van der Waals surface area contributed by atoms with Crippen molar-refractivity contribution in [2.24, 2.45) is 0 Å². The van der Waals surface area contributed by atoms with Crippen molar-refractivity contribution in [1.29, 1.82) is 0 Å². The van der Waals surface area contributed by atoms with E-state index in [1.165, 1.54) is 48.2 Å². The molecule has 8 heteroatoms. The molecule has 0 radical (unpaired) electrons. The number of nitrogens with zero attached hydrogens (tertiary/aromatic N) is 2. The van der Waals surface area contributed by atoms with E-state index in [0.717, 1.165) is 18.4 Å². The molecule has 31 heavy (non-hydrogen) atoms. The molecule has 0 aromatic heterocycles. The number of carbonyl (C=O) groups is 1. The largest absolute Gasteiger partial charge is 0.493 e. The molecule has 1 fully saturated rings. The molecule has 0 saturated carbocycles. The topological polar surface area (TPSA) is 76.2 Å². The fourth-order valence-electron chi connectivity index (χ4n) is 4.33. The van der Waals surface area contributed by atoms with Gasteiger partial charge in [-0.15, -0.1) is 0 Å². The second-order valence-electron chi connectivity index (χ2n) is 7.94. The van der Waals surface area contributed by atoms with Crippen LogP contribution in [0.3, 0.4) is 0 Å². The van der Waals surface area contributed by atoms with Crippen molar-refractivity contribution < 1.29 is 22.7 Å². The predicted octanol–water partition coefficient (Wildman–Crippen LogP) is 2.27. The highest BCUT2D eigenvalue weighted by atomic mass is 32.2. The van der Waals surface area contributed by atoms with Crippen LogP contribution < -0.4 is 9.47 Å². The van der Waals surface area contributed by atoms with Crippen LogP contribution in [0.2, 0.25) is 0 Å². The zero-order valence-corrected chi connectivity index (χ0v) is 18.8. The molecule has 0 bridgehead atoms. The Morgan fingerprint density at radius 2 is 1.61 bits per heavy atom. The fraction of sp³-hybridized carbons (Fsp3) is 0.435. The molecule has 2 aromatic carbocycles. The number of benzene rings is 2. The fourth-order valence-corrected chi connectivity index (χ4v) is 5.76. The summed E-state index contributed by atoms with van der Waals surface area (Å²) < 4.78 is 38.0. The Morgan fingerprint density at radius 1 is 0.903 bits per heavy atom. The Bertz CT molecular complexity index is 1080. The zero-order chi connectivity index (χ0) is 22.0. The summed E-state index contributed by atoms with van der Waals surface area (Å²) in [6.45, 7) is 1.31. The van der Waals surface area contributed by atoms with Gasteiger partial charge >= 0.3 is 0 Å². The molecule has 1 aliphatic heterocycles. The molecule has 2 aliphatic rings. The number of piperazine rings is 1. The number of methoxy groups -OCH3 is 2. The lowest BCUT2D eigenvalue weighted by Gasteiger charge is -2.34. The first kappa shape index (κ1) is 21.6. The molecule has 2 aromatic rings. The van der Waals surface area contributed by atoms with Crippen LogP contribution in [0.15, 0.2) is 41.3 Å². The first-order chi connectivity index (χ1) is 14.9. The number of hydrogen-bond donors (Lipinski definition) is 0. The van der Waals surface area contributed by atoms with Gasteiger partial charge in [0.2, 0.25) is 15.9 Å². The van der Waals surface area contributed by atoms with Gasteiger partial charge in [0, 0.05) is 32.2 Å². The molecular weight excluding hydrogens is 416 g/mol. The normalized spacial score (nSPS) is 16.8. The highest BCUT2D eigenvalue weighted by Gasteiger charge is 2.31. The number of fused-ring (bicyclic) bond motifs is 1. The van der Waals surface area contributed by atoms with E-state index in [1.54, 1.807) is 11.0 Å². The molecule has 1 aliphatic carbocycles. The molecule has 0 spiro atoms. The Hall–Kier alpha value is -2.58. The monoisotopic (exact) mass is 444 g/mol. The Kier molecular flexibility index (Phi) is 6.20. The molecule has 4 rings (SSSR count). The molecule has 1 saturated heterocycles. The molecule has 0 N–H and O–H groups in total. The first-order valence-electron chi connectivity index (χ1n) is 10.5. The van der Waals surface area contributed by atoms with E-state index in [1.807, 2.05) is 6.07 Å². The van der Waals surface area contributed by atoms with E-state index in [0.29, 0.717) is 31.0 Å². The minimum atomic E-state index is -3.67. The number of ether oxygens (including phenoxy) is 2. The molecule has 7 nitrogen and oxygen atoms in total. The minimum absolute atomic E-state index is 0.0427. The number of carbonyl (C=O) groups excluding carboxylic acids is 1. The number of hydrogen-bond acceptors (Lipinski definition) is 5. The summed E-state index contributed by atoms with van der Waals surface area (Å²) in [5.74, 6) is 0.885. The lowest BCUT2D eigenvalue weighted by Crippen LogP contribution is -2.50. The van der Waals surface area contributed by atoms with Gasteiger partial charge < -0.3 is 14.4 Å². The van der Waals surface area contributed by atoms with Crippen molar-refractivity contribution in [2.45, 2.75) is 30.6 Å². The Morgan fingerprint density at radius 3 is 2.32 bits per heavy atom. The second kappa shape index (κ2) is 8.88. The van der Waals surface area contributed by atoms with E-state index in [2.05, 4.69) is 12.1 Å². The smallest absolute Gasteiger partial charge is 0.243 e. The molecular formula is C23H28N2O5S. The van der Waals surface area contributed by atoms with Crippen molar-refractivity contribution in [2.75, 3.05) is 40.4 Å². The average Bonchev–Trinajstić information content (AvgIpc) is 3.26. The summed E-state index contributed by atoms with van der Waals surface area (Å²) >= 11 is 0. The maximum atomic E-state index is 13.1. The summed E-state index contributed by atoms with van der Waals surface area (Å²) in [6.07, 6.45) is 3.75. The highest BCUT2D eigenvalue weighted by Crippen LogP contribution is 2.31. The van der Waals surface area contributed by atoms with Crippen molar-refractivity contribution in [1.82, 2.24) is 9.21 Å². The van der Waals surface area contributed by atoms with Gasteiger partial charge in [0.05, 0.1) is 25.5 Å². The minimum Gasteiger partial charge on any atom is -0.493 e. The number of aryl methyl sites for hydroxylation is 2. The van der Waals surface area contributed by atoms with E-state index >= 15 is 0 Å². The standard InChI is InChI=1S/C23H28N2O5S/c1-29-21-9-8-20(16-22(21)30-2)31(27,28)25-12-10-24(11-13-25)23(26)15-17-6-7-18-4-3-5-19(18)14-17/h6-9,14,16H,3-5,10-13,15H2,1-2H3. The van der Waals surface area contributed by atoms with Crippen LogP contribution >= 0.6 is 0 Å². The van der Waals surface area contributed by atoms with Crippen molar-refractivity contribution in [3.05, 3.63) is 53.1 Å². The van der Waals surface area contributed by atoms with Crippen LogP contribution in [0, 0.1) is 0 Å². The molecule has 0 atom stereocenters.